The van der Waals surface area contributed by atoms with E-state index in [9.17, 15) is 13.6 Å². The largest absolute Gasteiger partial charge is 0.398 e. The van der Waals surface area contributed by atoms with E-state index >= 15 is 0 Å². The molecule has 0 bridgehead atoms. The van der Waals surface area contributed by atoms with Gasteiger partial charge in [0, 0.05) is 11.1 Å². The monoisotopic (exact) mass is 310 g/mol. The van der Waals surface area contributed by atoms with Crippen LogP contribution in [0.15, 0.2) is 36.4 Å². The Bertz CT molecular complexity index is 691. The van der Waals surface area contributed by atoms with E-state index < -0.39 is 23.6 Å². The number of carbonyl (C=O) groups is 1. The summed E-state index contributed by atoms with van der Waals surface area (Å²) < 4.78 is 26.8. The molecule has 0 heterocycles. The van der Waals surface area contributed by atoms with E-state index in [1.54, 1.807) is 6.92 Å². The van der Waals surface area contributed by atoms with Gasteiger partial charge in [-0.05, 0) is 43.3 Å². The van der Waals surface area contributed by atoms with E-state index in [4.69, 9.17) is 17.3 Å². The molecule has 2 aromatic carbocycles. The lowest BCUT2D eigenvalue weighted by Crippen LogP contribution is -2.27. The van der Waals surface area contributed by atoms with Crippen molar-refractivity contribution >= 4 is 23.2 Å². The zero-order valence-electron chi connectivity index (χ0n) is 11.2. The molecule has 1 unspecified atom stereocenters. The fourth-order valence-electron chi connectivity index (χ4n) is 1.87. The maximum Gasteiger partial charge on any atom is 0.251 e. The third kappa shape index (κ3) is 3.49. The van der Waals surface area contributed by atoms with Gasteiger partial charge in [0.05, 0.1) is 16.8 Å². The lowest BCUT2D eigenvalue weighted by atomic mass is 10.1. The van der Waals surface area contributed by atoms with Gasteiger partial charge >= 0.3 is 0 Å². The minimum atomic E-state index is -0.690. The van der Waals surface area contributed by atoms with Gasteiger partial charge in [0.15, 0.2) is 0 Å². The van der Waals surface area contributed by atoms with Crippen LogP contribution in [0.5, 0.6) is 0 Å². The van der Waals surface area contributed by atoms with Gasteiger partial charge in [0.25, 0.3) is 5.91 Å². The summed E-state index contributed by atoms with van der Waals surface area (Å²) >= 11 is 5.84. The quantitative estimate of drug-likeness (QED) is 0.849. The standard InChI is InChI=1S/C15H13ClF2N2O/c1-8(11-7-10(17)3-4-13(11)18)20-15(21)9-2-5-14(19)12(16)6-9/h2-8H,19H2,1H3,(H,20,21). The number of amides is 1. The van der Waals surface area contributed by atoms with Crippen molar-refractivity contribution in [1.82, 2.24) is 5.32 Å². The number of nitrogens with two attached hydrogens (primary N) is 1. The summed E-state index contributed by atoms with van der Waals surface area (Å²) in [5.41, 5.74) is 6.29. The molecule has 3 nitrogen and oxygen atoms in total. The fraction of sp³-hybridized carbons (Fsp3) is 0.133. The van der Waals surface area contributed by atoms with Crippen LogP contribution in [0.3, 0.4) is 0 Å². The van der Waals surface area contributed by atoms with Crippen LogP contribution in [0.1, 0.15) is 28.9 Å². The summed E-state index contributed by atoms with van der Waals surface area (Å²) in [6.07, 6.45) is 0. The molecule has 0 aromatic heterocycles. The molecule has 21 heavy (non-hydrogen) atoms. The predicted octanol–water partition coefficient (Wildman–Crippen LogP) is 3.69. The van der Waals surface area contributed by atoms with Gasteiger partial charge in [-0.1, -0.05) is 11.6 Å². The van der Waals surface area contributed by atoms with Crippen molar-refractivity contribution in [2.45, 2.75) is 13.0 Å². The Morgan fingerprint density at radius 3 is 2.62 bits per heavy atom. The molecule has 6 heteroatoms. The first-order chi connectivity index (χ1) is 9.88. The number of anilines is 1. The summed E-state index contributed by atoms with van der Waals surface area (Å²) in [5.74, 6) is -1.60. The highest BCUT2D eigenvalue weighted by molar-refractivity contribution is 6.33. The summed E-state index contributed by atoms with van der Waals surface area (Å²) in [5, 5.41) is 2.84. The Labute approximate surface area is 125 Å². The molecule has 0 aliphatic rings. The molecule has 1 atom stereocenters. The molecule has 0 aliphatic heterocycles. The van der Waals surface area contributed by atoms with Crippen LogP contribution in [0.2, 0.25) is 5.02 Å². The molecule has 3 N–H and O–H groups in total. The van der Waals surface area contributed by atoms with Crippen LogP contribution in [0.25, 0.3) is 0 Å². The zero-order valence-corrected chi connectivity index (χ0v) is 11.9. The Kier molecular flexibility index (Phi) is 4.43. The molecule has 0 saturated heterocycles. The normalized spacial score (nSPS) is 12.0. The third-order valence-electron chi connectivity index (χ3n) is 3.03. The molecular formula is C15H13ClF2N2O. The highest BCUT2D eigenvalue weighted by Gasteiger charge is 2.16. The Morgan fingerprint density at radius 1 is 1.24 bits per heavy atom. The lowest BCUT2D eigenvalue weighted by Gasteiger charge is -2.15. The first-order valence-electron chi connectivity index (χ1n) is 6.19. The summed E-state index contributed by atoms with van der Waals surface area (Å²) in [6.45, 7) is 1.56. The molecule has 110 valence electrons. The minimum Gasteiger partial charge on any atom is -0.398 e. The van der Waals surface area contributed by atoms with Gasteiger partial charge in [-0.15, -0.1) is 0 Å². The van der Waals surface area contributed by atoms with Crippen molar-refractivity contribution in [1.29, 1.82) is 0 Å². The summed E-state index contributed by atoms with van der Waals surface area (Å²) in [6, 6.07) is 6.83. The van der Waals surface area contributed by atoms with Crippen LogP contribution in [0.4, 0.5) is 14.5 Å². The van der Waals surface area contributed by atoms with Gasteiger partial charge in [-0.3, -0.25) is 4.79 Å². The smallest absolute Gasteiger partial charge is 0.251 e. The minimum absolute atomic E-state index is 0.0740. The van der Waals surface area contributed by atoms with Crippen LogP contribution < -0.4 is 11.1 Å². The van der Waals surface area contributed by atoms with E-state index in [-0.39, 0.29) is 16.1 Å². The average molecular weight is 311 g/mol. The van der Waals surface area contributed by atoms with Crippen LogP contribution in [-0.4, -0.2) is 5.91 Å². The first-order valence-corrected chi connectivity index (χ1v) is 6.57. The van der Waals surface area contributed by atoms with Gasteiger partial charge < -0.3 is 11.1 Å². The number of halogens is 3. The van der Waals surface area contributed by atoms with Crippen molar-refractivity contribution in [3.05, 3.63) is 64.2 Å². The molecular weight excluding hydrogens is 298 g/mol. The van der Waals surface area contributed by atoms with Gasteiger partial charge in [-0.2, -0.15) is 0 Å². The maximum absolute atomic E-state index is 13.6. The van der Waals surface area contributed by atoms with E-state index in [2.05, 4.69) is 5.32 Å². The molecule has 2 rings (SSSR count). The Morgan fingerprint density at radius 2 is 1.95 bits per heavy atom. The van der Waals surface area contributed by atoms with Gasteiger partial charge in [-0.25, -0.2) is 8.78 Å². The number of rotatable bonds is 3. The van der Waals surface area contributed by atoms with Crippen molar-refractivity contribution < 1.29 is 13.6 Å². The second-order valence-corrected chi connectivity index (χ2v) is 5.00. The van der Waals surface area contributed by atoms with Gasteiger partial charge in [0.1, 0.15) is 11.6 Å². The summed E-state index contributed by atoms with van der Waals surface area (Å²) in [4.78, 5) is 12.1. The van der Waals surface area contributed by atoms with Crippen molar-refractivity contribution in [2.24, 2.45) is 0 Å². The fourth-order valence-corrected chi connectivity index (χ4v) is 2.05. The summed E-state index contributed by atoms with van der Waals surface area (Å²) in [7, 11) is 0. The highest BCUT2D eigenvalue weighted by atomic mass is 35.5. The topological polar surface area (TPSA) is 55.1 Å². The van der Waals surface area contributed by atoms with Crippen LogP contribution >= 0.6 is 11.6 Å². The number of benzene rings is 2. The number of hydrogen-bond donors (Lipinski definition) is 2. The molecule has 0 aliphatic carbocycles. The number of nitrogens with one attached hydrogen (secondary N) is 1. The van der Waals surface area contributed by atoms with Crippen LogP contribution in [-0.2, 0) is 0 Å². The molecule has 0 spiro atoms. The van der Waals surface area contributed by atoms with Crippen molar-refractivity contribution in [2.75, 3.05) is 5.73 Å². The Balaban J connectivity index is 2.18. The number of carbonyl (C=O) groups excluding carboxylic acids is 1. The van der Waals surface area contributed by atoms with Crippen LogP contribution in [0, 0.1) is 11.6 Å². The Hall–Kier alpha value is -2.14. The SMILES string of the molecule is CC(NC(=O)c1ccc(N)c(Cl)c1)c1cc(F)ccc1F. The van der Waals surface area contributed by atoms with Gasteiger partial charge in [0.2, 0.25) is 0 Å². The van der Waals surface area contributed by atoms with Crippen molar-refractivity contribution in [3.8, 4) is 0 Å². The first kappa shape index (κ1) is 15.3. The maximum atomic E-state index is 13.6. The highest BCUT2D eigenvalue weighted by Crippen LogP contribution is 2.21. The second kappa shape index (κ2) is 6.10. The predicted molar refractivity (Wildman–Crippen MR) is 78.1 cm³/mol. The van der Waals surface area contributed by atoms with E-state index in [1.807, 2.05) is 0 Å². The average Bonchev–Trinajstić information content (AvgIpc) is 2.44. The molecule has 1 amide bonds. The zero-order chi connectivity index (χ0) is 15.6. The second-order valence-electron chi connectivity index (χ2n) is 4.60. The molecule has 0 saturated carbocycles. The van der Waals surface area contributed by atoms with E-state index in [1.165, 1.54) is 18.2 Å². The molecule has 2 aromatic rings. The number of hydrogen-bond acceptors (Lipinski definition) is 2. The van der Waals surface area contributed by atoms with Crippen molar-refractivity contribution in [3.63, 3.8) is 0 Å². The van der Waals surface area contributed by atoms with E-state index in [0.29, 0.717) is 5.69 Å². The lowest BCUT2D eigenvalue weighted by molar-refractivity contribution is 0.0939. The van der Waals surface area contributed by atoms with E-state index in [0.717, 1.165) is 18.2 Å². The molecule has 0 radical (unpaired) electrons. The molecule has 0 fully saturated rings. The third-order valence-corrected chi connectivity index (χ3v) is 3.36. The number of nitrogen functional groups attached to an aromatic ring is 1.